The number of nitrogens with zero attached hydrogens (tertiary/aromatic N) is 2. The van der Waals surface area contributed by atoms with Gasteiger partial charge in [0.25, 0.3) is 5.91 Å². The molecule has 3 aromatic heterocycles. The molecule has 0 bridgehead atoms. The van der Waals surface area contributed by atoms with E-state index in [4.69, 9.17) is 8.83 Å². The fourth-order valence-electron chi connectivity index (χ4n) is 3.38. The molecule has 0 unspecified atom stereocenters. The van der Waals surface area contributed by atoms with Crippen molar-refractivity contribution < 1.29 is 18.4 Å². The average molecular weight is 385 g/mol. The largest absolute Gasteiger partial charge is 0.466 e. The summed E-state index contributed by atoms with van der Waals surface area (Å²) in [6.07, 6.45) is 0. The third kappa shape index (κ3) is 2.76. The van der Waals surface area contributed by atoms with Crippen molar-refractivity contribution in [2.75, 3.05) is 0 Å². The molecule has 4 rings (SSSR count). The molecule has 27 heavy (non-hydrogen) atoms. The number of urea groups is 1. The highest BCUT2D eigenvalue weighted by Crippen LogP contribution is 2.34. The number of hydrogen-bond donors (Lipinski definition) is 1. The van der Waals surface area contributed by atoms with Crippen LogP contribution in [0.4, 0.5) is 4.79 Å². The number of nitrogens with one attached hydrogen (secondary N) is 1. The van der Waals surface area contributed by atoms with E-state index in [0.29, 0.717) is 34.4 Å². The fourth-order valence-corrected chi connectivity index (χ4v) is 4.03. The van der Waals surface area contributed by atoms with Crippen LogP contribution in [0.3, 0.4) is 0 Å². The van der Waals surface area contributed by atoms with Gasteiger partial charge >= 0.3 is 6.03 Å². The van der Waals surface area contributed by atoms with E-state index in [9.17, 15) is 9.59 Å². The van der Waals surface area contributed by atoms with Crippen LogP contribution in [0, 0.1) is 20.8 Å². The molecule has 8 heteroatoms. The summed E-state index contributed by atoms with van der Waals surface area (Å²) in [5, 5.41) is 4.73. The normalized spacial score (nSPS) is 19.8. The van der Waals surface area contributed by atoms with Crippen LogP contribution >= 0.6 is 11.3 Å². The Balaban J connectivity index is 1.63. The lowest BCUT2D eigenvalue weighted by Gasteiger charge is -2.21. The summed E-state index contributed by atoms with van der Waals surface area (Å²) in [5.74, 6) is 2.05. The predicted octanol–water partition coefficient (Wildman–Crippen LogP) is 3.89. The molecule has 1 aliphatic heterocycles. The summed E-state index contributed by atoms with van der Waals surface area (Å²) < 4.78 is 11.3. The number of aryl methyl sites for hydroxylation is 3. The summed E-state index contributed by atoms with van der Waals surface area (Å²) in [7, 11) is 0. The first-order valence-electron chi connectivity index (χ1n) is 8.51. The number of hydrogen-bond acceptors (Lipinski definition) is 6. The monoisotopic (exact) mass is 385 g/mol. The number of furan rings is 1. The van der Waals surface area contributed by atoms with E-state index in [1.54, 1.807) is 26.8 Å². The topological polar surface area (TPSA) is 88.6 Å². The summed E-state index contributed by atoms with van der Waals surface area (Å²) in [5.41, 5.74) is 0.0657. The van der Waals surface area contributed by atoms with E-state index >= 15 is 0 Å². The Bertz CT molecular complexity index is 1030. The minimum atomic E-state index is -1.16. The zero-order valence-corrected chi connectivity index (χ0v) is 16.3. The van der Waals surface area contributed by atoms with E-state index in [1.165, 1.54) is 16.2 Å². The van der Waals surface area contributed by atoms with Crippen molar-refractivity contribution in [3.63, 3.8) is 0 Å². The molecular weight excluding hydrogens is 366 g/mol. The lowest BCUT2D eigenvalue weighted by molar-refractivity contribution is -0.131. The zero-order valence-electron chi connectivity index (χ0n) is 15.5. The number of amides is 3. The summed E-state index contributed by atoms with van der Waals surface area (Å²) >= 11 is 1.52. The highest BCUT2D eigenvalue weighted by molar-refractivity contribution is 7.13. The third-order valence-corrected chi connectivity index (χ3v) is 5.64. The number of thiophene rings is 1. The van der Waals surface area contributed by atoms with Gasteiger partial charge in [-0.1, -0.05) is 6.07 Å². The Morgan fingerprint density at radius 2 is 2.00 bits per heavy atom. The Morgan fingerprint density at radius 1 is 1.22 bits per heavy atom. The smallest absolute Gasteiger partial charge is 0.325 e. The SMILES string of the molecule is Cc1cc([C@@]2(C)NC(=O)N(Cc3nc(-c4cccs4)oc3C)C2=O)c(C)o1. The Morgan fingerprint density at radius 3 is 2.63 bits per heavy atom. The lowest BCUT2D eigenvalue weighted by Crippen LogP contribution is -2.41. The molecule has 1 N–H and O–H groups in total. The Kier molecular flexibility index (Phi) is 3.96. The van der Waals surface area contributed by atoms with Gasteiger partial charge in [0.2, 0.25) is 5.89 Å². The van der Waals surface area contributed by atoms with E-state index in [1.807, 2.05) is 24.4 Å². The highest BCUT2D eigenvalue weighted by Gasteiger charge is 2.50. The number of carbonyl (C=O) groups excluding carboxylic acids is 2. The minimum absolute atomic E-state index is 0.0524. The molecule has 3 amide bonds. The van der Waals surface area contributed by atoms with Crippen LogP contribution in [0.5, 0.6) is 0 Å². The maximum atomic E-state index is 13.1. The first-order valence-corrected chi connectivity index (χ1v) is 9.39. The molecule has 1 saturated heterocycles. The molecule has 0 radical (unpaired) electrons. The van der Waals surface area contributed by atoms with Gasteiger partial charge in [0.15, 0.2) is 0 Å². The summed E-state index contributed by atoms with van der Waals surface area (Å²) in [6, 6.07) is 5.15. The van der Waals surface area contributed by atoms with E-state index in [-0.39, 0.29) is 12.5 Å². The van der Waals surface area contributed by atoms with Gasteiger partial charge < -0.3 is 14.2 Å². The number of rotatable bonds is 4. The zero-order chi connectivity index (χ0) is 19.3. The van der Waals surface area contributed by atoms with E-state index in [0.717, 1.165) is 4.88 Å². The van der Waals surface area contributed by atoms with Gasteiger partial charge in [0.05, 0.1) is 11.4 Å². The molecule has 0 aliphatic carbocycles. The number of carbonyl (C=O) groups is 2. The van der Waals surface area contributed by atoms with Crippen molar-refractivity contribution in [3.05, 3.63) is 52.1 Å². The Hall–Kier alpha value is -2.87. The fraction of sp³-hybridized carbons (Fsp3) is 0.316. The van der Waals surface area contributed by atoms with Crippen LogP contribution in [0.15, 0.2) is 32.4 Å². The molecular formula is C19H19N3O4S. The predicted molar refractivity (Wildman–Crippen MR) is 99.2 cm³/mol. The standard InChI is InChI=1S/C19H19N3O4S/c1-10-8-13(11(2)25-10)19(4)17(23)22(18(24)21-19)9-14-12(3)26-16(20-14)15-6-5-7-27-15/h5-8H,9H2,1-4H3,(H,21,24)/t19-/m1/s1. The van der Waals surface area contributed by atoms with Gasteiger partial charge in [-0.2, -0.15) is 0 Å². The van der Waals surface area contributed by atoms with Crippen molar-refractivity contribution >= 4 is 23.3 Å². The van der Waals surface area contributed by atoms with Crippen LogP contribution < -0.4 is 5.32 Å². The molecule has 1 atom stereocenters. The maximum Gasteiger partial charge on any atom is 0.325 e. The number of imide groups is 1. The van der Waals surface area contributed by atoms with Gasteiger partial charge in [-0.3, -0.25) is 9.69 Å². The molecule has 7 nitrogen and oxygen atoms in total. The Labute approximate surface area is 160 Å². The first kappa shape index (κ1) is 17.5. The highest BCUT2D eigenvalue weighted by atomic mass is 32.1. The molecule has 0 aromatic carbocycles. The minimum Gasteiger partial charge on any atom is -0.466 e. The second kappa shape index (κ2) is 6.09. The third-order valence-electron chi connectivity index (χ3n) is 4.79. The second-order valence-corrected chi connectivity index (χ2v) is 7.72. The average Bonchev–Trinajstić information content (AvgIpc) is 3.35. The molecule has 1 fully saturated rings. The van der Waals surface area contributed by atoms with E-state index in [2.05, 4.69) is 10.3 Å². The van der Waals surface area contributed by atoms with Crippen LogP contribution in [0.2, 0.25) is 0 Å². The van der Waals surface area contributed by atoms with Crippen molar-refractivity contribution in [2.45, 2.75) is 39.8 Å². The van der Waals surface area contributed by atoms with Crippen LogP contribution in [-0.2, 0) is 16.9 Å². The van der Waals surface area contributed by atoms with Gasteiger partial charge in [0.1, 0.15) is 28.5 Å². The van der Waals surface area contributed by atoms with E-state index < -0.39 is 11.6 Å². The van der Waals surface area contributed by atoms with Crippen LogP contribution in [-0.4, -0.2) is 21.8 Å². The van der Waals surface area contributed by atoms with Crippen molar-refractivity contribution in [2.24, 2.45) is 0 Å². The lowest BCUT2D eigenvalue weighted by atomic mass is 9.92. The van der Waals surface area contributed by atoms with Gasteiger partial charge in [0, 0.05) is 5.56 Å². The van der Waals surface area contributed by atoms with Crippen molar-refractivity contribution in [1.82, 2.24) is 15.2 Å². The summed E-state index contributed by atoms with van der Waals surface area (Å²) in [4.78, 5) is 32.2. The van der Waals surface area contributed by atoms with Crippen molar-refractivity contribution in [1.29, 1.82) is 0 Å². The second-order valence-electron chi connectivity index (χ2n) is 6.77. The number of oxazole rings is 1. The first-order chi connectivity index (χ1) is 12.8. The van der Waals surface area contributed by atoms with Gasteiger partial charge in [-0.05, 0) is 45.2 Å². The molecule has 3 aromatic rings. The molecule has 0 spiro atoms. The van der Waals surface area contributed by atoms with Crippen LogP contribution in [0.1, 0.15) is 35.5 Å². The number of aromatic nitrogens is 1. The van der Waals surface area contributed by atoms with Gasteiger partial charge in [-0.25, -0.2) is 9.78 Å². The van der Waals surface area contributed by atoms with Crippen LogP contribution in [0.25, 0.3) is 10.8 Å². The molecule has 140 valence electrons. The quantitative estimate of drug-likeness (QED) is 0.688. The van der Waals surface area contributed by atoms with Crippen molar-refractivity contribution in [3.8, 4) is 10.8 Å². The molecule has 0 saturated carbocycles. The van der Waals surface area contributed by atoms with Gasteiger partial charge in [-0.15, -0.1) is 11.3 Å². The summed E-state index contributed by atoms with van der Waals surface area (Å²) in [6.45, 7) is 7.11. The maximum absolute atomic E-state index is 13.1. The molecule has 1 aliphatic rings. The molecule has 4 heterocycles.